The largest absolute Gasteiger partial charge is 0.340 e. The molecule has 146 valence electrons. The molecule has 0 aliphatic carbocycles. The SMILES string of the molecule is Cc1csc(CC(=O)N2CCN(Cn3[nH]c(-c4ccccc4)nc3=S)CC2)n1. The van der Waals surface area contributed by atoms with Crippen molar-refractivity contribution in [2.75, 3.05) is 26.2 Å². The second-order valence-electron chi connectivity index (χ2n) is 6.85. The van der Waals surface area contributed by atoms with Gasteiger partial charge in [0.25, 0.3) is 0 Å². The van der Waals surface area contributed by atoms with Gasteiger partial charge in [-0.1, -0.05) is 30.3 Å². The van der Waals surface area contributed by atoms with E-state index in [4.69, 9.17) is 12.2 Å². The highest BCUT2D eigenvalue weighted by Gasteiger charge is 2.22. The van der Waals surface area contributed by atoms with Gasteiger partial charge in [0, 0.05) is 42.8 Å². The number of hydrogen-bond donors (Lipinski definition) is 1. The molecule has 1 aliphatic heterocycles. The summed E-state index contributed by atoms with van der Waals surface area (Å²) in [6.07, 6.45) is 0.393. The first-order valence-electron chi connectivity index (χ1n) is 9.22. The van der Waals surface area contributed by atoms with Crippen molar-refractivity contribution >= 4 is 29.5 Å². The number of amides is 1. The molecule has 1 saturated heterocycles. The number of H-pyrrole nitrogens is 1. The van der Waals surface area contributed by atoms with Gasteiger partial charge in [0.2, 0.25) is 10.7 Å². The predicted octanol–water partition coefficient (Wildman–Crippen LogP) is 2.72. The Bertz CT molecular complexity index is 1000. The highest BCUT2D eigenvalue weighted by Crippen LogP contribution is 2.15. The normalized spacial score (nSPS) is 15.1. The van der Waals surface area contributed by atoms with Crippen LogP contribution in [0.5, 0.6) is 0 Å². The Morgan fingerprint density at radius 3 is 2.61 bits per heavy atom. The third-order valence-electron chi connectivity index (χ3n) is 4.76. The number of carbonyl (C=O) groups is 1. The molecule has 3 aromatic rings. The van der Waals surface area contributed by atoms with E-state index in [1.165, 1.54) is 0 Å². The van der Waals surface area contributed by atoms with Crippen LogP contribution in [0.2, 0.25) is 0 Å². The van der Waals surface area contributed by atoms with Gasteiger partial charge in [-0.3, -0.25) is 14.8 Å². The molecule has 1 aromatic carbocycles. The number of piperazine rings is 1. The van der Waals surface area contributed by atoms with Gasteiger partial charge in [-0.25, -0.2) is 9.67 Å². The molecule has 4 rings (SSSR count). The third-order valence-corrected chi connectivity index (χ3v) is 6.04. The number of aromatic amines is 1. The highest BCUT2D eigenvalue weighted by atomic mass is 32.1. The summed E-state index contributed by atoms with van der Waals surface area (Å²) in [5, 5.41) is 6.16. The van der Waals surface area contributed by atoms with E-state index in [1.54, 1.807) is 11.3 Å². The molecule has 0 spiro atoms. The zero-order valence-corrected chi connectivity index (χ0v) is 17.3. The molecule has 3 heterocycles. The molecule has 0 radical (unpaired) electrons. The maximum atomic E-state index is 12.5. The lowest BCUT2D eigenvalue weighted by Gasteiger charge is -2.34. The minimum absolute atomic E-state index is 0.151. The van der Waals surface area contributed by atoms with Crippen molar-refractivity contribution in [3.8, 4) is 11.4 Å². The monoisotopic (exact) mass is 414 g/mol. The van der Waals surface area contributed by atoms with Gasteiger partial charge in [0.15, 0.2) is 5.82 Å². The van der Waals surface area contributed by atoms with E-state index in [0.717, 1.165) is 48.3 Å². The second kappa shape index (κ2) is 8.34. The van der Waals surface area contributed by atoms with Crippen LogP contribution in [-0.4, -0.2) is 61.6 Å². The summed E-state index contributed by atoms with van der Waals surface area (Å²) in [5.74, 6) is 0.927. The first-order valence-corrected chi connectivity index (χ1v) is 10.5. The van der Waals surface area contributed by atoms with E-state index >= 15 is 0 Å². The molecule has 0 bridgehead atoms. The number of benzene rings is 1. The van der Waals surface area contributed by atoms with Crippen LogP contribution in [0.25, 0.3) is 11.4 Å². The van der Waals surface area contributed by atoms with E-state index in [2.05, 4.69) is 20.0 Å². The number of nitrogens with one attached hydrogen (secondary N) is 1. The Morgan fingerprint density at radius 1 is 1.18 bits per heavy atom. The van der Waals surface area contributed by atoms with Crippen LogP contribution < -0.4 is 0 Å². The Balaban J connectivity index is 1.33. The summed E-state index contributed by atoms with van der Waals surface area (Å²) in [6, 6.07) is 9.95. The molecule has 7 nitrogen and oxygen atoms in total. The molecule has 0 saturated carbocycles. The molecule has 1 aliphatic rings. The van der Waals surface area contributed by atoms with Gasteiger partial charge in [0.05, 0.1) is 13.1 Å². The van der Waals surface area contributed by atoms with Gasteiger partial charge in [-0.05, 0) is 19.1 Å². The van der Waals surface area contributed by atoms with Crippen molar-refractivity contribution < 1.29 is 4.79 Å². The van der Waals surface area contributed by atoms with E-state index < -0.39 is 0 Å². The van der Waals surface area contributed by atoms with Crippen LogP contribution >= 0.6 is 23.6 Å². The number of thiazole rings is 1. The minimum Gasteiger partial charge on any atom is -0.340 e. The second-order valence-corrected chi connectivity index (χ2v) is 8.16. The van der Waals surface area contributed by atoms with E-state index in [1.807, 2.05) is 52.2 Å². The first-order chi connectivity index (χ1) is 13.6. The van der Waals surface area contributed by atoms with Crippen LogP contribution in [0, 0.1) is 11.7 Å². The van der Waals surface area contributed by atoms with Crippen LogP contribution in [0.3, 0.4) is 0 Å². The Hall–Kier alpha value is -2.36. The van der Waals surface area contributed by atoms with Gasteiger partial charge in [0.1, 0.15) is 5.01 Å². The molecule has 1 N–H and O–H groups in total. The average Bonchev–Trinajstić information content (AvgIpc) is 3.28. The molecular formula is C19H22N6OS2. The zero-order valence-electron chi connectivity index (χ0n) is 15.7. The minimum atomic E-state index is 0.151. The Morgan fingerprint density at radius 2 is 1.93 bits per heavy atom. The lowest BCUT2D eigenvalue weighted by atomic mass is 10.2. The number of carbonyl (C=O) groups excluding carboxylic acids is 1. The Labute approximate surface area is 172 Å². The number of aryl methyl sites for hydroxylation is 1. The summed E-state index contributed by atoms with van der Waals surface area (Å²) in [6.45, 7) is 5.65. The summed E-state index contributed by atoms with van der Waals surface area (Å²) >= 11 is 6.96. The maximum absolute atomic E-state index is 12.5. The molecule has 28 heavy (non-hydrogen) atoms. The molecule has 2 aromatic heterocycles. The number of aromatic nitrogens is 4. The van der Waals surface area contributed by atoms with Crippen molar-refractivity contribution in [3.63, 3.8) is 0 Å². The lowest BCUT2D eigenvalue weighted by molar-refractivity contribution is -0.132. The molecule has 1 amide bonds. The predicted molar refractivity (Wildman–Crippen MR) is 112 cm³/mol. The van der Waals surface area contributed by atoms with Crippen LogP contribution in [0.4, 0.5) is 0 Å². The number of nitrogens with zero attached hydrogens (tertiary/aromatic N) is 5. The number of hydrogen-bond acceptors (Lipinski definition) is 6. The van der Waals surface area contributed by atoms with Crippen molar-refractivity contribution in [3.05, 3.63) is 51.2 Å². The van der Waals surface area contributed by atoms with E-state index in [-0.39, 0.29) is 5.91 Å². The molecular weight excluding hydrogens is 392 g/mol. The fourth-order valence-corrected chi connectivity index (χ4v) is 4.20. The Kier molecular flexibility index (Phi) is 5.65. The number of rotatable bonds is 5. The van der Waals surface area contributed by atoms with Gasteiger partial charge in [-0.15, -0.1) is 11.3 Å². The molecule has 0 unspecified atom stereocenters. The molecule has 9 heteroatoms. The standard InChI is InChI=1S/C19H22N6OS2/c1-14-12-28-16(20-14)11-17(26)24-9-7-23(8-10-24)13-25-19(27)21-18(22-25)15-5-3-2-4-6-15/h2-6,12H,7-11,13H2,1H3,(H,21,22,27). The molecule has 0 atom stereocenters. The van der Waals surface area contributed by atoms with Crippen LogP contribution in [0.15, 0.2) is 35.7 Å². The van der Waals surface area contributed by atoms with Gasteiger partial charge in [-0.2, -0.15) is 4.98 Å². The third kappa shape index (κ3) is 4.37. The van der Waals surface area contributed by atoms with Crippen LogP contribution in [0.1, 0.15) is 10.7 Å². The fraction of sp³-hybridized carbons (Fsp3) is 0.368. The van der Waals surface area contributed by atoms with Crippen molar-refractivity contribution in [2.45, 2.75) is 20.0 Å². The fourth-order valence-electron chi connectivity index (χ4n) is 3.24. The molecule has 1 fully saturated rings. The lowest BCUT2D eigenvalue weighted by Crippen LogP contribution is -2.49. The maximum Gasteiger partial charge on any atom is 0.229 e. The smallest absolute Gasteiger partial charge is 0.229 e. The van der Waals surface area contributed by atoms with Crippen molar-refractivity contribution in [2.24, 2.45) is 0 Å². The highest BCUT2D eigenvalue weighted by molar-refractivity contribution is 7.71. The van der Waals surface area contributed by atoms with Gasteiger partial charge < -0.3 is 4.90 Å². The first kappa shape index (κ1) is 19.0. The van der Waals surface area contributed by atoms with Crippen molar-refractivity contribution in [1.29, 1.82) is 0 Å². The topological polar surface area (TPSA) is 70.1 Å². The van der Waals surface area contributed by atoms with E-state index in [9.17, 15) is 4.79 Å². The zero-order chi connectivity index (χ0) is 19.5. The summed E-state index contributed by atoms with van der Waals surface area (Å²) in [7, 11) is 0. The summed E-state index contributed by atoms with van der Waals surface area (Å²) in [4.78, 5) is 25.5. The average molecular weight is 415 g/mol. The van der Waals surface area contributed by atoms with Gasteiger partial charge >= 0.3 is 0 Å². The van der Waals surface area contributed by atoms with Crippen LogP contribution in [-0.2, 0) is 17.9 Å². The summed E-state index contributed by atoms with van der Waals surface area (Å²) in [5.41, 5.74) is 1.99. The quantitative estimate of drug-likeness (QED) is 0.650. The summed E-state index contributed by atoms with van der Waals surface area (Å²) < 4.78 is 2.42. The van der Waals surface area contributed by atoms with E-state index in [0.29, 0.717) is 17.9 Å². The van der Waals surface area contributed by atoms with Crippen molar-refractivity contribution in [1.82, 2.24) is 29.5 Å².